The Morgan fingerprint density at radius 1 is 1.00 bits per heavy atom. The first kappa shape index (κ1) is 24.1. The molecule has 32 heavy (non-hydrogen) atoms. The summed E-state index contributed by atoms with van der Waals surface area (Å²) in [6, 6.07) is 17.3. The van der Waals surface area contributed by atoms with Crippen molar-refractivity contribution in [2.24, 2.45) is 0 Å². The third-order valence-electron chi connectivity index (χ3n) is 4.86. The number of nitrogens with one attached hydrogen (secondary N) is 2. The fraction of sp³-hybridized carbons (Fsp3) is 0.174. The molecule has 3 aromatic rings. The quantitative estimate of drug-likeness (QED) is 0.471. The molecule has 3 rings (SSSR count). The highest BCUT2D eigenvalue weighted by Crippen LogP contribution is 2.27. The van der Waals surface area contributed by atoms with Crippen molar-refractivity contribution in [1.82, 2.24) is 4.72 Å². The van der Waals surface area contributed by atoms with Crippen molar-refractivity contribution in [2.75, 3.05) is 12.4 Å². The Labute approximate surface area is 197 Å². The van der Waals surface area contributed by atoms with Crippen molar-refractivity contribution >= 4 is 44.8 Å². The fourth-order valence-electron chi connectivity index (χ4n) is 3.07. The van der Waals surface area contributed by atoms with Crippen molar-refractivity contribution in [3.8, 4) is 5.75 Å². The first-order valence-electron chi connectivity index (χ1n) is 9.67. The van der Waals surface area contributed by atoms with E-state index in [1.807, 2.05) is 30.3 Å². The number of sulfonamides is 1. The number of amides is 1. The molecule has 1 atom stereocenters. The van der Waals surface area contributed by atoms with E-state index in [2.05, 4.69) is 10.0 Å². The standard InChI is InChI=1S/C23H22Cl2N2O4S/c1-15-18(24)9-6-10-20(15)26-23(28)21(13-16-7-4-3-5-8-16)27-32(29,30)17-11-12-22(31-2)19(25)14-17/h3-12,14,21,27H,13H2,1-2H3,(H,26,28)/t21-/m0/s1. The lowest BCUT2D eigenvalue weighted by molar-refractivity contribution is -0.117. The average Bonchev–Trinajstić information content (AvgIpc) is 2.77. The molecule has 0 unspecified atom stereocenters. The van der Waals surface area contributed by atoms with Crippen LogP contribution in [0.4, 0.5) is 5.69 Å². The van der Waals surface area contributed by atoms with Crippen LogP contribution < -0.4 is 14.8 Å². The third-order valence-corrected chi connectivity index (χ3v) is 7.03. The monoisotopic (exact) mass is 492 g/mol. The first-order chi connectivity index (χ1) is 15.2. The van der Waals surface area contributed by atoms with E-state index in [1.165, 1.54) is 25.3 Å². The zero-order valence-electron chi connectivity index (χ0n) is 17.4. The maximum atomic E-state index is 13.1. The predicted molar refractivity (Wildman–Crippen MR) is 127 cm³/mol. The first-order valence-corrected chi connectivity index (χ1v) is 11.9. The summed E-state index contributed by atoms with van der Waals surface area (Å²) in [4.78, 5) is 13.1. The second kappa shape index (κ2) is 10.4. The summed E-state index contributed by atoms with van der Waals surface area (Å²) in [6.07, 6.45) is 0.148. The number of hydrogen-bond donors (Lipinski definition) is 2. The number of methoxy groups -OCH3 is 1. The number of hydrogen-bond acceptors (Lipinski definition) is 4. The zero-order valence-corrected chi connectivity index (χ0v) is 19.8. The van der Waals surface area contributed by atoms with Crippen LogP contribution >= 0.6 is 23.2 Å². The van der Waals surface area contributed by atoms with E-state index in [0.717, 1.165) is 5.56 Å². The van der Waals surface area contributed by atoms with E-state index in [-0.39, 0.29) is 16.3 Å². The summed E-state index contributed by atoms with van der Waals surface area (Å²) in [5.41, 5.74) is 1.99. The Kier molecular flexibility index (Phi) is 7.79. The van der Waals surface area contributed by atoms with E-state index < -0.39 is 22.0 Å². The lowest BCUT2D eigenvalue weighted by Crippen LogP contribution is -2.45. The van der Waals surface area contributed by atoms with Crippen LogP contribution in [0.5, 0.6) is 5.75 Å². The number of anilines is 1. The number of rotatable bonds is 8. The van der Waals surface area contributed by atoms with Crippen molar-refractivity contribution in [2.45, 2.75) is 24.3 Å². The normalized spacial score (nSPS) is 12.2. The maximum Gasteiger partial charge on any atom is 0.242 e. The zero-order chi connectivity index (χ0) is 23.3. The summed E-state index contributed by atoms with van der Waals surface area (Å²) in [6.45, 7) is 1.77. The van der Waals surface area contributed by atoms with Gasteiger partial charge in [-0.25, -0.2) is 8.42 Å². The Morgan fingerprint density at radius 2 is 1.72 bits per heavy atom. The van der Waals surface area contributed by atoms with Gasteiger partial charge in [0.25, 0.3) is 0 Å². The molecule has 2 N–H and O–H groups in total. The van der Waals surface area contributed by atoms with Crippen LogP contribution in [-0.2, 0) is 21.2 Å². The lowest BCUT2D eigenvalue weighted by atomic mass is 10.1. The average molecular weight is 493 g/mol. The van der Waals surface area contributed by atoms with E-state index in [4.69, 9.17) is 27.9 Å². The van der Waals surface area contributed by atoms with Gasteiger partial charge < -0.3 is 10.1 Å². The van der Waals surface area contributed by atoms with E-state index >= 15 is 0 Å². The van der Waals surface area contributed by atoms with Crippen LogP contribution in [0.3, 0.4) is 0 Å². The number of halogens is 2. The van der Waals surface area contributed by atoms with E-state index in [1.54, 1.807) is 25.1 Å². The number of benzene rings is 3. The summed E-state index contributed by atoms with van der Waals surface area (Å²) in [5.74, 6) is -0.164. The van der Waals surface area contributed by atoms with Gasteiger partial charge >= 0.3 is 0 Å². The maximum absolute atomic E-state index is 13.1. The van der Waals surface area contributed by atoms with Crippen LogP contribution in [0.15, 0.2) is 71.6 Å². The fourth-order valence-corrected chi connectivity index (χ4v) is 4.79. The van der Waals surface area contributed by atoms with E-state index in [0.29, 0.717) is 22.0 Å². The molecule has 168 valence electrons. The molecule has 0 saturated carbocycles. The molecule has 3 aromatic carbocycles. The van der Waals surface area contributed by atoms with Gasteiger partial charge in [-0.05, 0) is 54.8 Å². The minimum absolute atomic E-state index is 0.0758. The van der Waals surface area contributed by atoms with Gasteiger partial charge in [0, 0.05) is 10.7 Å². The number of carbonyl (C=O) groups excluding carboxylic acids is 1. The second-order valence-corrected chi connectivity index (χ2v) is 9.59. The molecule has 0 bridgehead atoms. The molecule has 0 aliphatic rings. The molecule has 0 aliphatic heterocycles. The Balaban J connectivity index is 1.90. The molecule has 0 fully saturated rings. The minimum atomic E-state index is -4.06. The lowest BCUT2D eigenvalue weighted by Gasteiger charge is -2.20. The van der Waals surface area contributed by atoms with Gasteiger partial charge in [0.05, 0.1) is 17.0 Å². The molecule has 1 amide bonds. The Morgan fingerprint density at radius 3 is 2.38 bits per heavy atom. The number of ether oxygens (including phenoxy) is 1. The SMILES string of the molecule is COc1ccc(S(=O)(=O)N[C@@H](Cc2ccccc2)C(=O)Nc2cccc(Cl)c2C)cc1Cl. The smallest absolute Gasteiger partial charge is 0.242 e. The van der Waals surface area contributed by atoms with Gasteiger partial charge in [-0.1, -0.05) is 59.6 Å². The van der Waals surface area contributed by atoms with Crippen molar-refractivity contribution < 1.29 is 17.9 Å². The highest BCUT2D eigenvalue weighted by atomic mass is 35.5. The van der Waals surface area contributed by atoms with Gasteiger partial charge in [0.15, 0.2) is 0 Å². The molecular weight excluding hydrogens is 471 g/mol. The van der Waals surface area contributed by atoms with Crippen LogP contribution in [-0.4, -0.2) is 27.5 Å². The van der Waals surface area contributed by atoms with Gasteiger partial charge in [0.2, 0.25) is 15.9 Å². The second-order valence-electron chi connectivity index (χ2n) is 7.06. The van der Waals surface area contributed by atoms with Gasteiger partial charge in [-0.15, -0.1) is 0 Å². The Hall–Kier alpha value is -2.58. The molecular formula is C23H22Cl2N2O4S. The molecule has 0 radical (unpaired) electrons. The van der Waals surface area contributed by atoms with Crippen molar-refractivity contribution in [3.05, 3.63) is 87.9 Å². The topological polar surface area (TPSA) is 84.5 Å². The summed E-state index contributed by atoms with van der Waals surface area (Å²) < 4.78 is 33.7. The highest BCUT2D eigenvalue weighted by Gasteiger charge is 2.27. The van der Waals surface area contributed by atoms with Crippen molar-refractivity contribution in [3.63, 3.8) is 0 Å². The minimum Gasteiger partial charge on any atom is -0.495 e. The van der Waals surface area contributed by atoms with Gasteiger partial charge in [0.1, 0.15) is 11.8 Å². The van der Waals surface area contributed by atoms with Crippen molar-refractivity contribution in [1.29, 1.82) is 0 Å². The predicted octanol–water partition coefficient (Wildman–Crippen LogP) is 4.84. The largest absolute Gasteiger partial charge is 0.495 e. The molecule has 0 saturated heterocycles. The van der Waals surface area contributed by atoms with Crippen LogP contribution in [0, 0.1) is 6.92 Å². The Bertz CT molecular complexity index is 1220. The van der Waals surface area contributed by atoms with E-state index in [9.17, 15) is 13.2 Å². The molecule has 0 heterocycles. The van der Waals surface area contributed by atoms with Gasteiger partial charge in [-0.2, -0.15) is 4.72 Å². The molecule has 9 heteroatoms. The van der Waals surface area contributed by atoms with Crippen LogP contribution in [0.1, 0.15) is 11.1 Å². The molecule has 6 nitrogen and oxygen atoms in total. The van der Waals surface area contributed by atoms with Gasteiger partial charge in [-0.3, -0.25) is 4.79 Å². The molecule has 0 aliphatic carbocycles. The third kappa shape index (κ3) is 5.81. The summed E-state index contributed by atoms with van der Waals surface area (Å²) in [7, 11) is -2.62. The highest BCUT2D eigenvalue weighted by molar-refractivity contribution is 7.89. The molecule has 0 spiro atoms. The van der Waals surface area contributed by atoms with Crippen LogP contribution in [0.25, 0.3) is 0 Å². The summed E-state index contributed by atoms with van der Waals surface area (Å²) in [5, 5.41) is 3.42. The van der Waals surface area contributed by atoms with Crippen LogP contribution in [0.2, 0.25) is 10.0 Å². The number of carbonyl (C=O) groups is 1. The summed E-state index contributed by atoms with van der Waals surface area (Å²) >= 11 is 12.2. The molecule has 0 aromatic heterocycles.